The summed E-state index contributed by atoms with van der Waals surface area (Å²) in [5.74, 6) is -1.83. The quantitative estimate of drug-likeness (QED) is 0.761. The van der Waals surface area contributed by atoms with Crippen molar-refractivity contribution >= 4 is 23.4 Å². The summed E-state index contributed by atoms with van der Waals surface area (Å²) in [5, 5.41) is 0. The predicted octanol–water partition coefficient (Wildman–Crippen LogP) is 3.15. The molecule has 2 aromatic carbocycles. The minimum atomic E-state index is -0.569. The van der Waals surface area contributed by atoms with E-state index in [1.54, 1.807) is 4.90 Å². The first-order valence-electron chi connectivity index (χ1n) is 9.65. The van der Waals surface area contributed by atoms with Crippen LogP contribution in [-0.4, -0.2) is 24.3 Å². The topological polar surface area (TPSA) is 78.5 Å². The zero-order valence-electron chi connectivity index (χ0n) is 16.4. The van der Waals surface area contributed by atoms with E-state index >= 15 is 0 Å². The highest BCUT2D eigenvalue weighted by Crippen LogP contribution is 2.33. The average molecular weight is 397 g/mol. The van der Waals surface area contributed by atoms with Crippen LogP contribution in [-0.2, 0) is 9.59 Å². The maximum absolute atomic E-state index is 12.9. The minimum absolute atomic E-state index is 0.0765. The number of carbonyl (C=O) groups is 3. The molecule has 0 aromatic heterocycles. The van der Waals surface area contributed by atoms with Crippen molar-refractivity contribution in [1.29, 1.82) is 0 Å². The van der Waals surface area contributed by atoms with Gasteiger partial charge in [-0.15, -0.1) is 0 Å². The molecule has 1 fully saturated rings. The Morgan fingerprint density at radius 3 is 2.52 bits per heavy atom. The molecule has 7 heteroatoms. The first-order valence-corrected chi connectivity index (χ1v) is 9.65. The third-order valence-electron chi connectivity index (χ3n) is 5.27. The van der Waals surface area contributed by atoms with Crippen molar-refractivity contribution in [3.05, 3.63) is 65.5 Å². The van der Waals surface area contributed by atoms with E-state index in [4.69, 9.17) is 0 Å². The molecular formula is C22H24FN3O3. The average Bonchev–Trinajstić information content (AvgIpc) is 3.13. The first kappa shape index (κ1) is 20.5. The number of para-hydroxylation sites is 1. The number of carbonyl (C=O) groups excluding carboxylic acids is 3. The summed E-state index contributed by atoms with van der Waals surface area (Å²) in [5.41, 5.74) is 6.81. The highest BCUT2D eigenvalue weighted by atomic mass is 19.1. The van der Waals surface area contributed by atoms with Crippen molar-refractivity contribution in [3.63, 3.8) is 0 Å². The lowest BCUT2D eigenvalue weighted by molar-refractivity contribution is -0.126. The second kappa shape index (κ2) is 8.86. The van der Waals surface area contributed by atoms with Crippen molar-refractivity contribution in [2.75, 3.05) is 11.4 Å². The Bertz CT molecular complexity index is 914. The molecule has 2 N–H and O–H groups in total. The van der Waals surface area contributed by atoms with Gasteiger partial charge in [0.1, 0.15) is 5.82 Å². The van der Waals surface area contributed by atoms with E-state index in [9.17, 15) is 18.8 Å². The van der Waals surface area contributed by atoms with Gasteiger partial charge in [-0.05, 0) is 48.2 Å². The zero-order chi connectivity index (χ0) is 21.0. The third-order valence-corrected chi connectivity index (χ3v) is 5.27. The molecule has 0 radical (unpaired) electrons. The highest BCUT2D eigenvalue weighted by Gasteiger charge is 2.36. The van der Waals surface area contributed by atoms with Crippen molar-refractivity contribution in [2.24, 2.45) is 5.92 Å². The van der Waals surface area contributed by atoms with Crippen molar-refractivity contribution in [2.45, 2.75) is 32.6 Å². The normalized spacial score (nSPS) is 17.1. The molecule has 0 saturated carbocycles. The number of anilines is 1. The van der Waals surface area contributed by atoms with E-state index in [1.807, 2.05) is 24.3 Å². The summed E-state index contributed by atoms with van der Waals surface area (Å²) >= 11 is 0. The summed E-state index contributed by atoms with van der Waals surface area (Å²) in [6.07, 6.45) is 1.02. The van der Waals surface area contributed by atoms with E-state index < -0.39 is 23.5 Å². The van der Waals surface area contributed by atoms with Gasteiger partial charge < -0.3 is 4.90 Å². The molecule has 1 saturated heterocycles. The van der Waals surface area contributed by atoms with E-state index in [-0.39, 0.29) is 24.4 Å². The molecule has 1 heterocycles. The van der Waals surface area contributed by atoms with Gasteiger partial charge in [-0.3, -0.25) is 25.2 Å². The molecule has 3 amide bonds. The lowest BCUT2D eigenvalue weighted by atomic mass is 9.96. The number of hydrogen-bond acceptors (Lipinski definition) is 3. The van der Waals surface area contributed by atoms with Crippen LogP contribution < -0.4 is 15.8 Å². The van der Waals surface area contributed by atoms with Crippen LogP contribution in [0.1, 0.15) is 48.5 Å². The molecule has 1 aliphatic heterocycles. The predicted molar refractivity (Wildman–Crippen MR) is 108 cm³/mol. The van der Waals surface area contributed by atoms with Gasteiger partial charge in [0.05, 0.1) is 5.92 Å². The minimum Gasteiger partial charge on any atom is -0.311 e. The fourth-order valence-corrected chi connectivity index (χ4v) is 3.38. The van der Waals surface area contributed by atoms with E-state index in [2.05, 4.69) is 24.7 Å². The Kier molecular flexibility index (Phi) is 6.26. The molecule has 1 aliphatic rings. The molecule has 2 aromatic rings. The van der Waals surface area contributed by atoms with Gasteiger partial charge in [-0.1, -0.05) is 32.0 Å². The number of rotatable bonds is 5. The van der Waals surface area contributed by atoms with Crippen LogP contribution in [0.4, 0.5) is 10.1 Å². The Labute approximate surface area is 169 Å². The Morgan fingerprint density at radius 2 is 1.83 bits per heavy atom. The molecule has 2 atom stereocenters. The number of benzene rings is 2. The number of nitrogens with one attached hydrogen (secondary N) is 2. The van der Waals surface area contributed by atoms with Crippen LogP contribution in [0.3, 0.4) is 0 Å². The van der Waals surface area contributed by atoms with Gasteiger partial charge in [0, 0.05) is 24.2 Å². The molecular weight excluding hydrogens is 373 g/mol. The standard InChI is InChI=1S/C22H24FN3O3/c1-3-14(2)18-6-4-5-7-19(18)26-13-16(12-20(26)27)22(29)25-24-21(28)15-8-10-17(23)11-9-15/h4-11,14,16H,3,12-13H2,1-2H3,(H,24,28)(H,25,29). The summed E-state index contributed by atoms with van der Waals surface area (Å²) < 4.78 is 12.9. The number of halogens is 1. The maximum atomic E-state index is 12.9. The molecule has 0 spiro atoms. The molecule has 2 unspecified atom stereocenters. The lowest BCUT2D eigenvalue weighted by Crippen LogP contribution is -2.45. The lowest BCUT2D eigenvalue weighted by Gasteiger charge is -2.23. The van der Waals surface area contributed by atoms with Crippen molar-refractivity contribution in [3.8, 4) is 0 Å². The Balaban J connectivity index is 1.63. The smallest absolute Gasteiger partial charge is 0.269 e. The zero-order valence-corrected chi connectivity index (χ0v) is 16.4. The fourth-order valence-electron chi connectivity index (χ4n) is 3.38. The van der Waals surface area contributed by atoms with Crippen LogP contribution in [0.5, 0.6) is 0 Å². The van der Waals surface area contributed by atoms with Gasteiger partial charge in [-0.2, -0.15) is 0 Å². The number of nitrogens with zero attached hydrogens (tertiary/aromatic N) is 1. The van der Waals surface area contributed by atoms with Crippen molar-refractivity contribution in [1.82, 2.24) is 10.9 Å². The second-order valence-electron chi connectivity index (χ2n) is 7.22. The summed E-state index contributed by atoms with van der Waals surface area (Å²) in [6, 6.07) is 12.7. The molecule has 0 bridgehead atoms. The van der Waals surface area contributed by atoms with E-state index in [0.29, 0.717) is 5.92 Å². The van der Waals surface area contributed by atoms with Crippen LogP contribution in [0.25, 0.3) is 0 Å². The Morgan fingerprint density at radius 1 is 1.14 bits per heavy atom. The van der Waals surface area contributed by atoms with Crippen LogP contribution in [0.2, 0.25) is 0 Å². The number of hydrogen-bond donors (Lipinski definition) is 2. The van der Waals surface area contributed by atoms with Gasteiger partial charge in [0.2, 0.25) is 11.8 Å². The van der Waals surface area contributed by atoms with Crippen LogP contribution in [0.15, 0.2) is 48.5 Å². The molecule has 3 rings (SSSR count). The van der Waals surface area contributed by atoms with Crippen molar-refractivity contribution < 1.29 is 18.8 Å². The van der Waals surface area contributed by atoms with E-state index in [1.165, 1.54) is 24.3 Å². The van der Waals surface area contributed by atoms with Gasteiger partial charge in [0.15, 0.2) is 0 Å². The molecule has 0 aliphatic carbocycles. The first-order chi connectivity index (χ1) is 13.9. The molecule has 29 heavy (non-hydrogen) atoms. The van der Waals surface area contributed by atoms with Crippen LogP contribution >= 0.6 is 0 Å². The highest BCUT2D eigenvalue weighted by molar-refractivity contribution is 6.01. The third kappa shape index (κ3) is 4.62. The van der Waals surface area contributed by atoms with Gasteiger partial charge in [0.25, 0.3) is 5.91 Å². The summed E-state index contributed by atoms with van der Waals surface area (Å²) in [6.45, 7) is 4.45. The summed E-state index contributed by atoms with van der Waals surface area (Å²) in [4.78, 5) is 38.7. The van der Waals surface area contributed by atoms with Crippen LogP contribution in [0, 0.1) is 11.7 Å². The molecule has 6 nitrogen and oxygen atoms in total. The fraction of sp³-hybridized carbons (Fsp3) is 0.318. The van der Waals surface area contributed by atoms with E-state index in [0.717, 1.165) is 17.7 Å². The summed E-state index contributed by atoms with van der Waals surface area (Å²) in [7, 11) is 0. The Hall–Kier alpha value is -3.22. The monoisotopic (exact) mass is 397 g/mol. The number of amides is 3. The van der Waals surface area contributed by atoms with Gasteiger partial charge >= 0.3 is 0 Å². The molecule has 152 valence electrons. The SMILES string of the molecule is CCC(C)c1ccccc1N1CC(C(=O)NNC(=O)c2ccc(F)cc2)CC1=O. The maximum Gasteiger partial charge on any atom is 0.269 e. The second-order valence-corrected chi connectivity index (χ2v) is 7.22. The number of hydrazine groups is 1. The largest absolute Gasteiger partial charge is 0.311 e. The van der Waals surface area contributed by atoms with Gasteiger partial charge in [-0.25, -0.2) is 4.39 Å².